The smallest absolute Gasteiger partial charge is 0.269 e. The molecule has 2 aromatic rings. The third kappa shape index (κ3) is 6.35. The lowest BCUT2D eigenvalue weighted by Crippen LogP contribution is -2.42. The minimum Gasteiger partial charge on any atom is -0.273 e. The minimum absolute atomic E-state index is 0.0520. The predicted octanol–water partition coefficient (Wildman–Crippen LogP) is 2.03. The van der Waals surface area contributed by atoms with Gasteiger partial charge in [0.15, 0.2) is 0 Å². The van der Waals surface area contributed by atoms with Crippen LogP contribution < -0.4 is 15.6 Å². The Hall–Kier alpha value is -2.42. The van der Waals surface area contributed by atoms with E-state index in [1.807, 2.05) is 19.1 Å². The van der Waals surface area contributed by atoms with Crippen molar-refractivity contribution in [3.63, 3.8) is 0 Å². The summed E-state index contributed by atoms with van der Waals surface area (Å²) in [5.74, 6) is -0.972. The van der Waals surface area contributed by atoms with E-state index in [4.69, 9.17) is 11.6 Å². The predicted molar refractivity (Wildman–Crippen MR) is 103 cm³/mol. The molecular weight excluding hydrogens is 390 g/mol. The molecule has 9 heteroatoms. The van der Waals surface area contributed by atoms with Gasteiger partial charge in [0, 0.05) is 23.6 Å². The Morgan fingerprint density at radius 1 is 0.963 bits per heavy atom. The molecule has 0 heterocycles. The van der Waals surface area contributed by atoms with Crippen LogP contribution in [0.25, 0.3) is 0 Å². The molecule has 0 bridgehead atoms. The number of halogens is 1. The molecule has 2 rings (SSSR count). The van der Waals surface area contributed by atoms with Crippen LogP contribution in [0.15, 0.2) is 53.4 Å². The third-order valence-corrected chi connectivity index (χ3v) is 5.44. The van der Waals surface area contributed by atoms with Crippen LogP contribution >= 0.6 is 11.6 Å². The summed E-state index contributed by atoms with van der Waals surface area (Å²) >= 11 is 5.72. The molecule has 0 aliphatic heterocycles. The molecule has 0 fully saturated rings. The summed E-state index contributed by atoms with van der Waals surface area (Å²) in [6.07, 6.45) is 0.729. The number of aryl methyl sites for hydroxylation is 1. The van der Waals surface area contributed by atoms with Crippen LogP contribution in [0.4, 0.5) is 0 Å². The summed E-state index contributed by atoms with van der Waals surface area (Å²) < 4.78 is 26.5. The number of carbonyl (C=O) groups excluding carboxylic acids is 2. The SMILES string of the molecule is CCc1ccc(C(=O)NNC(=O)CCNS(=O)(=O)c2ccc(Cl)cc2)cc1. The van der Waals surface area contributed by atoms with Crippen LogP contribution in [0, 0.1) is 0 Å². The van der Waals surface area contributed by atoms with E-state index < -0.39 is 21.8 Å². The molecule has 0 atom stereocenters. The van der Waals surface area contributed by atoms with Crippen molar-refractivity contribution in [3.05, 3.63) is 64.7 Å². The second-order valence-corrected chi connectivity index (χ2v) is 7.86. The monoisotopic (exact) mass is 409 g/mol. The van der Waals surface area contributed by atoms with E-state index in [1.54, 1.807) is 12.1 Å². The van der Waals surface area contributed by atoms with E-state index in [1.165, 1.54) is 24.3 Å². The number of carbonyl (C=O) groups is 2. The first-order chi connectivity index (χ1) is 12.8. The molecular formula is C18H20ClN3O4S. The van der Waals surface area contributed by atoms with Gasteiger partial charge in [-0.1, -0.05) is 30.7 Å². The van der Waals surface area contributed by atoms with Gasteiger partial charge >= 0.3 is 0 Å². The summed E-state index contributed by atoms with van der Waals surface area (Å²) in [5, 5.41) is 0.424. The first-order valence-corrected chi connectivity index (χ1v) is 10.1. The highest BCUT2D eigenvalue weighted by Gasteiger charge is 2.14. The first kappa shape index (κ1) is 20.9. The van der Waals surface area contributed by atoms with Crippen LogP contribution in [0.1, 0.15) is 29.3 Å². The van der Waals surface area contributed by atoms with Gasteiger partial charge in [-0.15, -0.1) is 0 Å². The fourth-order valence-corrected chi connectivity index (χ4v) is 3.31. The van der Waals surface area contributed by atoms with E-state index in [2.05, 4.69) is 15.6 Å². The van der Waals surface area contributed by atoms with Gasteiger partial charge in [-0.2, -0.15) is 0 Å². The summed E-state index contributed by atoms with van der Waals surface area (Å²) in [7, 11) is -3.73. The van der Waals surface area contributed by atoms with Gasteiger partial charge in [-0.25, -0.2) is 13.1 Å². The van der Waals surface area contributed by atoms with Gasteiger partial charge in [0.1, 0.15) is 0 Å². The molecule has 0 spiro atoms. The van der Waals surface area contributed by atoms with E-state index >= 15 is 0 Å². The number of sulfonamides is 1. The second-order valence-electron chi connectivity index (χ2n) is 5.65. The van der Waals surface area contributed by atoms with E-state index in [9.17, 15) is 18.0 Å². The lowest BCUT2D eigenvalue weighted by atomic mass is 10.1. The van der Waals surface area contributed by atoms with Crippen LogP contribution in [0.2, 0.25) is 5.02 Å². The molecule has 0 unspecified atom stereocenters. The Bertz CT molecular complexity index is 897. The van der Waals surface area contributed by atoms with Gasteiger partial charge in [-0.05, 0) is 48.4 Å². The fraction of sp³-hybridized carbons (Fsp3) is 0.222. The maximum atomic E-state index is 12.1. The summed E-state index contributed by atoms with van der Waals surface area (Å²) in [4.78, 5) is 23.8. The highest BCUT2D eigenvalue weighted by atomic mass is 35.5. The zero-order valence-corrected chi connectivity index (χ0v) is 16.2. The van der Waals surface area contributed by atoms with Crippen LogP contribution in [0.5, 0.6) is 0 Å². The van der Waals surface area contributed by atoms with Crippen molar-refractivity contribution in [3.8, 4) is 0 Å². The molecule has 0 aliphatic rings. The fourth-order valence-electron chi connectivity index (χ4n) is 2.15. The normalized spacial score (nSPS) is 11.0. The van der Waals surface area contributed by atoms with Crippen molar-refractivity contribution in [2.24, 2.45) is 0 Å². The summed E-state index contributed by atoms with van der Waals surface area (Å²) in [6.45, 7) is 1.90. The van der Waals surface area contributed by atoms with Crippen molar-refractivity contribution in [1.29, 1.82) is 0 Å². The van der Waals surface area contributed by atoms with E-state index in [0.717, 1.165) is 12.0 Å². The van der Waals surface area contributed by atoms with Gasteiger partial charge in [0.2, 0.25) is 15.9 Å². The highest BCUT2D eigenvalue weighted by molar-refractivity contribution is 7.89. The van der Waals surface area contributed by atoms with Crippen molar-refractivity contribution in [1.82, 2.24) is 15.6 Å². The lowest BCUT2D eigenvalue weighted by Gasteiger charge is -2.09. The standard InChI is InChI=1S/C18H20ClN3O4S/c1-2-13-3-5-14(6-4-13)18(24)22-21-17(23)11-12-20-27(25,26)16-9-7-15(19)8-10-16/h3-10,20H,2,11-12H2,1H3,(H,21,23)(H,22,24). The molecule has 7 nitrogen and oxygen atoms in total. The van der Waals surface area contributed by atoms with Crippen LogP contribution in [0.3, 0.4) is 0 Å². The minimum atomic E-state index is -3.73. The molecule has 0 aromatic heterocycles. The Labute approximate surface area is 163 Å². The summed E-state index contributed by atoms with van der Waals surface area (Å²) in [6, 6.07) is 12.7. The average molecular weight is 410 g/mol. The maximum Gasteiger partial charge on any atom is 0.269 e. The summed E-state index contributed by atoms with van der Waals surface area (Å²) in [5.41, 5.74) is 6.06. The number of nitrogens with one attached hydrogen (secondary N) is 3. The van der Waals surface area contributed by atoms with Crippen molar-refractivity contribution in [2.75, 3.05) is 6.54 Å². The van der Waals surface area contributed by atoms with Crippen LogP contribution in [-0.2, 0) is 21.2 Å². The number of hydrogen-bond donors (Lipinski definition) is 3. The first-order valence-electron chi connectivity index (χ1n) is 8.25. The second kappa shape index (κ2) is 9.50. The Morgan fingerprint density at radius 2 is 1.59 bits per heavy atom. The van der Waals surface area contributed by atoms with Crippen molar-refractivity contribution < 1.29 is 18.0 Å². The quantitative estimate of drug-likeness (QED) is 0.608. The van der Waals surface area contributed by atoms with Gasteiger partial charge in [-0.3, -0.25) is 20.4 Å². The molecule has 144 valence electrons. The van der Waals surface area contributed by atoms with Crippen molar-refractivity contribution in [2.45, 2.75) is 24.7 Å². The molecule has 3 N–H and O–H groups in total. The van der Waals surface area contributed by atoms with Gasteiger partial charge in [0.05, 0.1) is 4.90 Å². The number of benzene rings is 2. The Balaban J connectivity index is 1.77. The maximum absolute atomic E-state index is 12.1. The lowest BCUT2D eigenvalue weighted by molar-refractivity contribution is -0.121. The topological polar surface area (TPSA) is 104 Å². The number of rotatable bonds is 7. The Morgan fingerprint density at radius 3 is 2.19 bits per heavy atom. The molecule has 0 saturated heterocycles. The highest BCUT2D eigenvalue weighted by Crippen LogP contribution is 2.13. The molecule has 2 aromatic carbocycles. The number of amides is 2. The largest absolute Gasteiger partial charge is 0.273 e. The average Bonchev–Trinajstić information content (AvgIpc) is 2.66. The van der Waals surface area contributed by atoms with Gasteiger partial charge in [0.25, 0.3) is 5.91 Å². The molecule has 2 amide bonds. The molecule has 27 heavy (non-hydrogen) atoms. The molecule has 0 aliphatic carbocycles. The van der Waals surface area contributed by atoms with Crippen molar-refractivity contribution >= 4 is 33.4 Å². The molecule has 0 saturated carbocycles. The zero-order chi connectivity index (χ0) is 19.9. The van der Waals surface area contributed by atoms with E-state index in [0.29, 0.717) is 10.6 Å². The number of hydrogen-bond acceptors (Lipinski definition) is 4. The number of hydrazine groups is 1. The van der Waals surface area contributed by atoms with Gasteiger partial charge < -0.3 is 0 Å². The Kier molecular flexibility index (Phi) is 7.35. The third-order valence-electron chi connectivity index (χ3n) is 3.71. The van der Waals surface area contributed by atoms with Crippen LogP contribution in [-0.4, -0.2) is 26.8 Å². The van der Waals surface area contributed by atoms with E-state index in [-0.39, 0.29) is 17.9 Å². The molecule has 0 radical (unpaired) electrons. The zero-order valence-electron chi connectivity index (χ0n) is 14.7.